The summed E-state index contributed by atoms with van der Waals surface area (Å²) in [5.74, 6) is 0.978. The normalized spacial score (nSPS) is 19.3. The Morgan fingerprint density at radius 2 is 2.24 bits per heavy atom. The van der Waals surface area contributed by atoms with E-state index in [-0.39, 0.29) is 11.9 Å². The molecule has 4 nitrogen and oxygen atoms in total. The first-order valence-corrected chi connectivity index (χ1v) is 6.46. The molecule has 0 aliphatic carbocycles. The average Bonchev–Trinajstić information content (AvgIpc) is 2.32. The van der Waals surface area contributed by atoms with Gasteiger partial charge >= 0.3 is 0 Å². The molecule has 1 atom stereocenters. The predicted molar refractivity (Wildman–Crippen MR) is 69.6 cm³/mol. The van der Waals surface area contributed by atoms with Crippen molar-refractivity contribution in [3.8, 4) is 5.88 Å². The molecule has 0 amide bonds. The van der Waals surface area contributed by atoms with Crippen LogP contribution < -0.4 is 0 Å². The summed E-state index contributed by atoms with van der Waals surface area (Å²) in [6.45, 7) is 2.13. The van der Waals surface area contributed by atoms with Gasteiger partial charge in [0.2, 0.25) is 5.88 Å². The molecule has 0 saturated carbocycles. The molecule has 0 aromatic carbocycles. The number of hydrogen-bond donors (Lipinski definition) is 1. The molecule has 1 aliphatic heterocycles. The van der Waals surface area contributed by atoms with Crippen molar-refractivity contribution in [2.45, 2.75) is 13.0 Å². The summed E-state index contributed by atoms with van der Waals surface area (Å²) >= 11 is 1.80. The van der Waals surface area contributed by atoms with Gasteiger partial charge in [0, 0.05) is 18.0 Å². The van der Waals surface area contributed by atoms with Gasteiger partial charge < -0.3 is 10.0 Å². The van der Waals surface area contributed by atoms with E-state index in [0.717, 1.165) is 11.4 Å². The molecule has 17 heavy (non-hydrogen) atoms. The summed E-state index contributed by atoms with van der Waals surface area (Å²) in [6.07, 6.45) is 6.15. The van der Waals surface area contributed by atoms with Crippen LogP contribution in [0.2, 0.25) is 0 Å². The van der Waals surface area contributed by atoms with Crippen LogP contribution in [0.1, 0.15) is 18.7 Å². The molecule has 1 aromatic rings. The van der Waals surface area contributed by atoms with Crippen molar-refractivity contribution in [2.75, 3.05) is 12.8 Å². The van der Waals surface area contributed by atoms with Crippen molar-refractivity contribution in [3.63, 3.8) is 0 Å². The molecule has 0 spiro atoms. The van der Waals surface area contributed by atoms with Gasteiger partial charge in [-0.3, -0.25) is 0 Å². The number of thioether (sulfide) groups is 1. The Labute approximate surface area is 105 Å². The molecule has 1 unspecified atom stereocenters. The molecule has 0 bridgehead atoms. The topological polar surface area (TPSA) is 49.2 Å². The Bertz CT molecular complexity index is 442. The zero-order valence-corrected chi connectivity index (χ0v) is 10.7. The number of hydrogen-bond acceptors (Lipinski definition) is 5. The standard InChI is InChI=1S/C12H15N3OS/c1-3-17-10-5-4-8-15(2)12(10)9-6-7-11(16)14-13-9/h4-8,12H,3H2,1-2H3,(H,14,16). The van der Waals surface area contributed by atoms with Crippen LogP contribution >= 0.6 is 11.8 Å². The van der Waals surface area contributed by atoms with Crippen LogP contribution in [-0.2, 0) is 0 Å². The number of nitrogens with zero attached hydrogens (tertiary/aromatic N) is 3. The highest BCUT2D eigenvalue weighted by atomic mass is 32.2. The zero-order valence-electron chi connectivity index (χ0n) is 9.87. The van der Waals surface area contributed by atoms with Gasteiger partial charge in [-0.25, -0.2) is 0 Å². The molecule has 1 aliphatic rings. The van der Waals surface area contributed by atoms with E-state index >= 15 is 0 Å². The SMILES string of the molecule is CCSC1=CC=CN(C)C1c1ccc(O)nn1. The molecule has 5 heteroatoms. The summed E-state index contributed by atoms with van der Waals surface area (Å²) in [5.41, 5.74) is 0.849. The maximum atomic E-state index is 9.17. The minimum absolute atomic E-state index is 0.0450. The summed E-state index contributed by atoms with van der Waals surface area (Å²) in [4.78, 5) is 3.34. The fourth-order valence-electron chi connectivity index (χ4n) is 1.78. The Balaban J connectivity index is 2.31. The lowest BCUT2D eigenvalue weighted by atomic mass is 10.1. The van der Waals surface area contributed by atoms with Crippen LogP contribution in [0, 0.1) is 0 Å². The summed E-state index contributed by atoms with van der Waals surface area (Å²) < 4.78 is 0. The number of aromatic nitrogens is 2. The Morgan fingerprint density at radius 3 is 2.88 bits per heavy atom. The third kappa shape index (κ3) is 2.61. The zero-order chi connectivity index (χ0) is 12.3. The van der Waals surface area contributed by atoms with E-state index in [1.54, 1.807) is 17.8 Å². The van der Waals surface area contributed by atoms with Crippen LogP contribution in [0.15, 0.2) is 35.4 Å². The molecule has 0 fully saturated rings. The van der Waals surface area contributed by atoms with E-state index in [1.807, 2.05) is 25.4 Å². The highest BCUT2D eigenvalue weighted by Gasteiger charge is 2.23. The van der Waals surface area contributed by atoms with Crippen LogP contribution in [-0.4, -0.2) is 33.0 Å². The molecular formula is C12H15N3OS. The Hall–Kier alpha value is -1.49. The van der Waals surface area contributed by atoms with Crippen molar-refractivity contribution in [2.24, 2.45) is 0 Å². The summed E-state index contributed by atoms with van der Waals surface area (Å²) in [7, 11) is 2.01. The molecule has 2 heterocycles. The minimum atomic E-state index is -0.0450. The summed E-state index contributed by atoms with van der Waals surface area (Å²) in [6, 6.07) is 3.48. The first kappa shape index (κ1) is 12.0. The third-order valence-electron chi connectivity index (χ3n) is 2.52. The lowest BCUT2D eigenvalue weighted by Crippen LogP contribution is -2.23. The van der Waals surface area contributed by atoms with E-state index in [4.69, 9.17) is 5.11 Å². The van der Waals surface area contributed by atoms with Crippen molar-refractivity contribution >= 4 is 11.8 Å². The van der Waals surface area contributed by atoms with Crippen LogP contribution in [0.5, 0.6) is 5.88 Å². The average molecular weight is 249 g/mol. The van der Waals surface area contributed by atoms with Crippen molar-refractivity contribution in [1.82, 2.24) is 15.1 Å². The fourth-order valence-corrected chi connectivity index (χ4v) is 2.73. The second kappa shape index (κ2) is 5.23. The van der Waals surface area contributed by atoms with E-state index in [0.29, 0.717) is 0 Å². The maximum absolute atomic E-state index is 9.17. The Morgan fingerprint density at radius 1 is 1.41 bits per heavy atom. The van der Waals surface area contributed by atoms with Crippen LogP contribution in [0.25, 0.3) is 0 Å². The number of likely N-dealkylation sites (N-methyl/N-ethyl adjacent to an activating group) is 1. The molecule has 0 radical (unpaired) electrons. The maximum Gasteiger partial charge on any atom is 0.230 e. The van der Waals surface area contributed by atoms with Gasteiger partial charge in [0.25, 0.3) is 0 Å². The van der Waals surface area contributed by atoms with Gasteiger partial charge in [0.15, 0.2) is 0 Å². The Kier molecular flexibility index (Phi) is 3.68. The highest BCUT2D eigenvalue weighted by Crippen LogP contribution is 2.36. The smallest absolute Gasteiger partial charge is 0.230 e. The van der Waals surface area contributed by atoms with Crippen LogP contribution in [0.3, 0.4) is 0 Å². The molecule has 0 saturated heterocycles. The molecule has 1 aromatic heterocycles. The van der Waals surface area contributed by atoms with E-state index in [9.17, 15) is 0 Å². The van der Waals surface area contributed by atoms with Crippen molar-refractivity contribution in [3.05, 3.63) is 41.1 Å². The predicted octanol–water partition coefficient (Wildman–Crippen LogP) is 2.32. The molecule has 2 rings (SSSR count). The lowest BCUT2D eigenvalue weighted by molar-refractivity contribution is 0.372. The largest absolute Gasteiger partial charge is 0.492 e. The fraction of sp³-hybridized carbons (Fsp3) is 0.333. The monoisotopic (exact) mass is 249 g/mol. The van der Waals surface area contributed by atoms with Gasteiger partial charge in [0.1, 0.15) is 6.04 Å². The van der Waals surface area contributed by atoms with Crippen molar-refractivity contribution < 1.29 is 5.11 Å². The van der Waals surface area contributed by atoms with E-state index < -0.39 is 0 Å². The van der Waals surface area contributed by atoms with Gasteiger partial charge in [-0.1, -0.05) is 6.92 Å². The quantitative estimate of drug-likeness (QED) is 0.891. The highest BCUT2D eigenvalue weighted by molar-refractivity contribution is 8.03. The van der Waals surface area contributed by atoms with Gasteiger partial charge in [0.05, 0.1) is 5.69 Å². The van der Waals surface area contributed by atoms with Crippen molar-refractivity contribution in [1.29, 1.82) is 0 Å². The first-order valence-electron chi connectivity index (χ1n) is 5.48. The van der Waals surface area contributed by atoms with E-state index in [1.165, 1.54) is 4.91 Å². The number of aromatic hydroxyl groups is 1. The number of allylic oxidation sites excluding steroid dienone is 2. The number of rotatable bonds is 3. The third-order valence-corrected chi connectivity index (χ3v) is 3.50. The second-order valence-corrected chi connectivity index (χ2v) is 5.07. The van der Waals surface area contributed by atoms with Gasteiger partial charge in [-0.15, -0.1) is 22.0 Å². The van der Waals surface area contributed by atoms with Crippen LogP contribution in [0.4, 0.5) is 0 Å². The lowest BCUT2D eigenvalue weighted by Gasteiger charge is -2.30. The minimum Gasteiger partial charge on any atom is -0.492 e. The molecule has 1 N–H and O–H groups in total. The summed E-state index contributed by atoms with van der Waals surface area (Å²) in [5, 5.41) is 16.9. The van der Waals surface area contributed by atoms with E-state index in [2.05, 4.69) is 28.1 Å². The molecular weight excluding hydrogens is 234 g/mol. The van der Waals surface area contributed by atoms with Gasteiger partial charge in [-0.05, 0) is 30.2 Å². The second-order valence-electron chi connectivity index (χ2n) is 3.73. The van der Waals surface area contributed by atoms with Gasteiger partial charge in [-0.2, -0.15) is 0 Å². The first-order chi connectivity index (χ1) is 8.22. The molecule has 90 valence electrons.